The van der Waals surface area contributed by atoms with Gasteiger partial charge < -0.3 is 10.6 Å². The molecule has 0 amide bonds. The predicted octanol–water partition coefficient (Wildman–Crippen LogP) is 2.22. The zero-order valence-corrected chi connectivity index (χ0v) is 9.84. The van der Waals surface area contributed by atoms with Gasteiger partial charge in [-0.05, 0) is 38.8 Å². The van der Waals surface area contributed by atoms with Gasteiger partial charge in [0, 0.05) is 17.7 Å². The molecule has 0 radical (unpaired) electrons. The van der Waals surface area contributed by atoms with Crippen molar-refractivity contribution in [3.63, 3.8) is 0 Å². The third-order valence-corrected chi connectivity index (χ3v) is 3.63. The van der Waals surface area contributed by atoms with Gasteiger partial charge in [-0.1, -0.05) is 20.4 Å². The molecule has 1 aliphatic heterocycles. The minimum Gasteiger partial charge on any atom is -0.402 e. The Balaban J connectivity index is 2.66. The van der Waals surface area contributed by atoms with Gasteiger partial charge in [0.1, 0.15) is 0 Å². The summed E-state index contributed by atoms with van der Waals surface area (Å²) in [5.41, 5.74) is 6.92. The highest BCUT2D eigenvalue weighted by Crippen LogP contribution is 2.35. The van der Waals surface area contributed by atoms with Crippen molar-refractivity contribution in [2.75, 3.05) is 20.1 Å². The second-order valence-corrected chi connectivity index (χ2v) is 5.24. The van der Waals surface area contributed by atoms with E-state index in [0.29, 0.717) is 0 Å². The fourth-order valence-corrected chi connectivity index (χ4v) is 2.16. The summed E-state index contributed by atoms with van der Waals surface area (Å²) in [5, 5.41) is 0. The van der Waals surface area contributed by atoms with Crippen LogP contribution in [-0.2, 0) is 0 Å². The van der Waals surface area contributed by atoms with E-state index >= 15 is 0 Å². The fraction of sp³-hybridized carbons (Fsp3) is 0.833. The number of allylic oxidation sites excluding steroid dienone is 1. The maximum absolute atomic E-state index is 5.90. The van der Waals surface area contributed by atoms with Gasteiger partial charge >= 0.3 is 0 Å². The molecule has 1 saturated heterocycles. The van der Waals surface area contributed by atoms with Crippen LogP contribution in [0.2, 0.25) is 0 Å². The smallest absolute Gasteiger partial charge is 0.00766 e. The van der Waals surface area contributed by atoms with Crippen molar-refractivity contribution in [1.82, 2.24) is 4.90 Å². The van der Waals surface area contributed by atoms with Crippen molar-refractivity contribution in [3.8, 4) is 0 Å². The number of nitrogens with zero attached hydrogens (tertiary/aromatic N) is 1. The van der Waals surface area contributed by atoms with Crippen LogP contribution < -0.4 is 5.73 Å². The molecule has 2 heteroatoms. The van der Waals surface area contributed by atoms with E-state index in [1.165, 1.54) is 19.4 Å². The van der Waals surface area contributed by atoms with Crippen LogP contribution >= 0.6 is 0 Å². The molecule has 0 saturated carbocycles. The zero-order chi connectivity index (χ0) is 10.8. The standard InChI is InChI=1S/C12H24N2/c1-10-5-6-12(3,11(2)13)7-8-14(4)9-10/h10H,2,5-9,13H2,1,3-4H3. The Morgan fingerprint density at radius 3 is 2.71 bits per heavy atom. The first kappa shape index (κ1) is 11.6. The first-order valence-corrected chi connectivity index (χ1v) is 5.57. The van der Waals surface area contributed by atoms with Gasteiger partial charge in [0.25, 0.3) is 0 Å². The zero-order valence-electron chi connectivity index (χ0n) is 9.84. The van der Waals surface area contributed by atoms with Gasteiger partial charge in [0.15, 0.2) is 0 Å². The van der Waals surface area contributed by atoms with E-state index < -0.39 is 0 Å². The van der Waals surface area contributed by atoms with E-state index in [1.807, 2.05) is 0 Å². The maximum Gasteiger partial charge on any atom is 0.00766 e. The lowest BCUT2D eigenvalue weighted by Gasteiger charge is -2.36. The van der Waals surface area contributed by atoms with Gasteiger partial charge in [0.05, 0.1) is 0 Å². The van der Waals surface area contributed by atoms with Crippen LogP contribution in [0.15, 0.2) is 12.3 Å². The van der Waals surface area contributed by atoms with Gasteiger partial charge in [-0.3, -0.25) is 0 Å². The van der Waals surface area contributed by atoms with Crippen molar-refractivity contribution in [3.05, 3.63) is 12.3 Å². The minimum absolute atomic E-state index is 0.156. The summed E-state index contributed by atoms with van der Waals surface area (Å²) in [7, 11) is 2.20. The van der Waals surface area contributed by atoms with Crippen LogP contribution in [0.25, 0.3) is 0 Å². The normalized spacial score (nSPS) is 36.1. The summed E-state index contributed by atoms with van der Waals surface area (Å²) >= 11 is 0. The van der Waals surface area contributed by atoms with Crippen molar-refractivity contribution < 1.29 is 0 Å². The van der Waals surface area contributed by atoms with E-state index in [-0.39, 0.29) is 5.41 Å². The highest BCUT2D eigenvalue weighted by atomic mass is 15.1. The molecular weight excluding hydrogens is 172 g/mol. The lowest BCUT2D eigenvalue weighted by molar-refractivity contribution is 0.180. The van der Waals surface area contributed by atoms with Crippen molar-refractivity contribution in [2.24, 2.45) is 17.1 Å². The molecule has 82 valence electrons. The summed E-state index contributed by atoms with van der Waals surface area (Å²) in [6.07, 6.45) is 3.60. The molecule has 1 rings (SSSR count). The molecule has 14 heavy (non-hydrogen) atoms. The topological polar surface area (TPSA) is 29.3 Å². The lowest BCUT2D eigenvalue weighted by atomic mass is 9.77. The fourth-order valence-electron chi connectivity index (χ4n) is 2.16. The third-order valence-electron chi connectivity index (χ3n) is 3.63. The van der Waals surface area contributed by atoms with Crippen molar-refractivity contribution in [1.29, 1.82) is 0 Å². The van der Waals surface area contributed by atoms with Gasteiger partial charge in [0.2, 0.25) is 0 Å². The maximum atomic E-state index is 5.90. The van der Waals surface area contributed by atoms with Crippen LogP contribution in [0.3, 0.4) is 0 Å². The lowest BCUT2D eigenvalue weighted by Crippen LogP contribution is -2.35. The molecule has 2 atom stereocenters. The van der Waals surface area contributed by atoms with E-state index in [0.717, 1.165) is 24.6 Å². The summed E-state index contributed by atoms with van der Waals surface area (Å²) in [6.45, 7) is 10.9. The second kappa shape index (κ2) is 4.35. The number of likely N-dealkylation sites (tertiary alicyclic amines) is 1. The Labute approximate surface area is 88.2 Å². The average molecular weight is 196 g/mol. The molecule has 1 aliphatic rings. The number of hydrogen-bond acceptors (Lipinski definition) is 2. The van der Waals surface area contributed by atoms with Gasteiger partial charge in [-0.15, -0.1) is 0 Å². The Kier molecular flexibility index (Phi) is 3.59. The third kappa shape index (κ3) is 2.74. The minimum atomic E-state index is 0.156. The van der Waals surface area contributed by atoms with Crippen LogP contribution in [0.5, 0.6) is 0 Å². The highest BCUT2D eigenvalue weighted by molar-refractivity contribution is 5.04. The first-order chi connectivity index (χ1) is 6.44. The van der Waals surface area contributed by atoms with E-state index in [2.05, 4.69) is 32.4 Å². The molecule has 2 N–H and O–H groups in total. The average Bonchev–Trinajstić information content (AvgIpc) is 2.09. The molecule has 0 aliphatic carbocycles. The highest BCUT2D eigenvalue weighted by Gasteiger charge is 2.28. The Hall–Kier alpha value is -0.500. The molecule has 2 nitrogen and oxygen atoms in total. The number of rotatable bonds is 1. The van der Waals surface area contributed by atoms with Crippen LogP contribution in [0.4, 0.5) is 0 Å². The molecular formula is C12H24N2. The summed E-state index contributed by atoms with van der Waals surface area (Å²) in [6, 6.07) is 0. The van der Waals surface area contributed by atoms with Crippen LogP contribution in [-0.4, -0.2) is 25.0 Å². The summed E-state index contributed by atoms with van der Waals surface area (Å²) in [4.78, 5) is 2.41. The van der Waals surface area contributed by atoms with Crippen LogP contribution in [0.1, 0.15) is 33.1 Å². The van der Waals surface area contributed by atoms with Gasteiger partial charge in [-0.25, -0.2) is 0 Å². The summed E-state index contributed by atoms with van der Waals surface area (Å²) < 4.78 is 0. The van der Waals surface area contributed by atoms with Crippen LogP contribution in [0, 0.1) is 11.3 Å². The number of nitrogens with two attached hydrogens (primary N) is 1. The Bertz CT molecular complexity index is 198. The van der Waals surface area contributed by atoms with E-state index in [9.17, 15) is 0 Å². The van der Waals surface area contributed by atoms with E-state index in [1.54, 1.807) is 0 Å². The molecule has 0 aromatic carbocycles. The number of hydrogen-bond donors (Lipinski definition) is 1. The largest absolute Gasteiger partial charge is 0.402 e. The molecule has 1 fully saturated rings. The molecule has 0 aromatic rings. The first-order valence-electron chi connectivity index (χ1n) is 5.57. The molecule has 0 aromatic heterocycles. The molecule has 0 bridgehead atoms. The van der Waals surface area contributed by atoms with Gasteiger partial charge in [-0.2, -0.15) is 0 Å². The molecule has 2 unspecified atom stereocenters. The Morgan fingerprint density at radius 2 is 2.14 bits per heavy atom. The SMILES string of the molecule is C=C(N)C1(C)CCC(C)CN(C)CC1. The van der Waals surface area contributed by atoms with Crippen molar-refractivity contribution >= 4 is 0 Å². The van der Waals surface area contributed by atoms with Crippen molar-refractivity contribution in [2.45, 2.75) is 33.1 Å². The second-order valence-electron chi connectivity index (χ2n) is 5.24. The summed E-state index contributed by atoms with van der Waals surface area (Å²) in [5.74, 6) is 0.777. The van der Waals surface area contributed by atoms with E-state index in [4.69, 9.17) is 5.73 Å². The predicted molar refractivity (Wildman–Crippen MR) is 61.9 cm³/mol. The Morgan fingerprint density at radius 1 is 1.50 bits per heavy atom. The molecule has 0 spiro atoms. The monoisotopic (exact) mass is 196 g/mol. The molecule has 1 heterocycles. The quantitative estimate of drug-likeness (QED) is 0.697.